The van der Waals surface area contributed by atoms with Crippen LogP contribution >= 0.6 is 7.60 Å². The lowest BCUT2D eigenvalue weighted by Crippen LogP contribution is -2.42. The molecule has 5 nitrogen and oxygen atoms in total. The zero-order valence-electron chi connectivity index (χ0n) is 15.4. The molecule has 0 N–H and O–H groups in total. The molecule has 1 fully saturated rings. The highest BCUT2D eigenvalue weighted by atomic mass is 31.2. The third-order valence-corrected chi connectivity index (χ3v) is 7.15. The highest BCUT2D eigenvalue weighted by Crippen LogP contribution is 2.55. The van der Waals surface area contributed by atoms with E-state index in [1.807, 2.05) is 60.7 Å². The average molecular weight is 384 g/mol. The van der Waals surface area contributed by atoms with Crippen molar-refractivity contribution in [3.05, 3.63) is 60.7 Å². The Morgan fingerprint density at radius 1 is 0.852 bits per heavy atom. The van der Waals surface area contributed by atoms with Crippen molar-refractivity contribution >= 4 is 13.4 Å². The van der Waals surface area contributed by atoms with Gasteiger partial charge in [0.15, 0.2) is 0 Å². The average Bonchev–Trinajstić information content (AvgIpc) is 2.92. The van der Waals surface area contributed by atoms with E-state index in [1.54, 1.807) is 0 Å². The largest absolute Gasteiger partial charge is 0.441 e. The quantitative estimate of drug-likeness (QED) is 0.681. The van der Waals surface area contributed by atoms with Crippen molar-refractivity contribution in [1.82, 2.24) is 4.90 Å². The Morgan fingerprint density at radius 2 is 1.44 bits per heavy atom. The molecular weight excluding hydrogens is 359 g/mol. The Balaban J connectivity index is 1.71. The summed E-state index contributed by atoms with van der Waals surface area (Å²) in [5.41, 5.74) is -0.347. The molecule has 2 heterocycles. The zero-order chi connectivity index (χ0) is 18.5. The van der Waals surface area contributed by atoms with Crippen molar-refractivity contribution in [2.45, 2.75) is 31.3 Å². The van der Waals surface area contributed by atoms with Crippen LogP contribution in [0.1, 0.15) is 25.7 Å². The Morgan fingerprint density at radius 3 is 2.07 bits per heavy atom. The fraction of sp³-hybridized carbons (Fsp3) is 0.381. The normalized spacial score (nSPS) is 20.2. The molecule has 0 bridgehead atoms. The third-order valence-electron chi connectivity index (χ3n) is 4.97. The van der Waals surface area contributed by atoms with E-state index >= 15 is 0 Å². The Labute approximate surface area is 160 Å². The molecule has 4 rings (SSSR count). The maximum Gasteiger partial charge on any atom is 0.441 e. The van der Waals surface area contributed by atoms with Gasteiger partial charge in [0.1, 0.15) is 23.0 Å². The van der Waals surface area contributed by atoms with Gasteiger partial charge in [-0.15, -0.1) is 0 Å². The maximum absolute atomic E-state index is 14.2. The molecule has 1 unspecified atom stereocenters. The van der Waals surface area contributed by atoms with Crippen LogP contribution in [0.2, 0.25) is 0 Å². The number of para-hydroxylation sites is 2. The van der Waals surface area contributed by atoms with E-state index in [4.69, 9.17) is 14.0 Å². The van der Waals surface area contributed by atoms with Gasteiger partial charge in [-0.2, -0.15) is 0 Å². The molecule has 0 aromatic heterocycles. The van der Waals surface area contributed by atoms with Crippen LogP contribution in [0, 0.1) is 0 Å². The van der Waals surface area contributed by atoms with E-state index in [1.165, 1.54) is 0 Å². The van der Waals surface area contributed by atoms with Crippen LogP contribution in [-0.4, -0.2) is 36.0 Å². The Kier molecular flexibility index (Phi) is 5.49. The van der Waals surface area contributed by atoms with E-state index in [2.05, 4.69) is 4.90 Å². The Hall–Kier alpha value is -2.26. The number of fused-ring (bicyclic) bond motifs is 1. The molecule has 0 saturated carbocycles. The number of amidine groups is 1. The van der Waals surface area contributed by atoms with E-state index in [-0.39, 0.29) is 5.66 Å². The van der Waals surface area contributed by atoms with Gasteiger partial charge in [-0.05, 0) is 43.5 Å². The van der Waals surface area contributed by atoms with Gasteiger partial charge < -0.3 is 13.9 Å². The van der Waals surface area contributed by atoms with Crippen molar-refractivity contribution in [3.63, 3.8) is 0 Å². The van der Waals surface area contributed by atoms with E-state index in [9.17, 15) is 4.57 Å². The van der Waals surface area contributed by atoms with Gasteiger partial charge in [-0.1, -0.05) is 42.8 Å². The van der Waals surface area contributed by atoms with Gasteiger partial charge in [-0.3, -0.25) is 4.99 Å². The summed E-state index contributed by atoms with van der Waals surface area (Å²) in [6.45, 7) is 2.71. The second-order valence-corrected chi connectivity index (χ2v) is 9.01. The van der Waals surface area contributed by atoms with Crippen LogP contribution in [0.4, 0.5) is 0 Å². The van der Waals surface area contributed by atoms with Gasteiger partial charge in [-0.25, -0.2) is 4.57 Å². The number of hydrogen-bond donors (Lipinski definition) is 0. The predicted molar refractivity (Wildman–Crippen MR) is 108 cm³/mol. The molecule has 6 heteroatoms. The molecule has 0 spiro atoms. The van der Waals surface area contributed by atoms with E-state index in [0.29, 0.717) is 11.5 Å². The van der Waals surface area contributed by atoms with Gasteiger partial charge in [0.25, 0.3) is 0 Å². The van der Waals surface area contributed by atoms with Crippen molar-refractivity contribution < 1.29 is 13.6 Å². The van der Waals surface area contributed by atoms with Crippen molar-refractivity contribution in [1.29, 1.82) is 0 Å². The summed E-state index contributed by atoms with van der Waals surface area (Å²) < 4.78 is 26.3. The monoisotopic (exact) mass is 384 g/mol. The molecule has 1 saturated heterocycles. The van der Waals surface area contributed by atoms with Crippen LogP contribution in [0.3, 0.4) is 0 Å². The summed E-state index contributed by atoms with van der Waals surface area (Å²) >= 11 is 0. The van der Waals surface area contributed by atoms with Crippen LogP contribution in [0.25, 0.3) is 0 Å². The first-order chi connectivity index (χ1) is 13.2. The molecule has 2 aliphatic rings. The van der Waals surface area contributed by atoms with Crippen LogP contribution < -0.4 is 9.05 Å². The number of nitrogens with zero attached hydrogens (tertiary/aromatic N) is 2. The molecule has 0 amide bonds. The lowest BCUT2D eigenvalue weighted by atomic mass is 10.2. The molecule has 2 aliphatic heterocycles. The summed E-state index contributed by atoms with van der Waals surface area (Å²) in [6, 6.07) is 18.6. The Bertz CT molecular complexity index is 780. The summed E-state index contributed by atoms with van der Waals surface area (Å²) in [4.78, 5) is 7.03. The maximum atomic E-state index is 14.2. The fourth-order valence-electron chi connectivity index (χ4n) is 3.68. The van der Waals surface area contributed by atoms with Crippen molar-refractivity contribution in [3.8, 4) is 11.5 Å². The minimum Gasteiger partial charge on any atom is -0.416 e. The van der Waals surface area contributed by atoms with Crippen LogP contribution in [0.5, 0.6) is 11.5 Å². The molecule has 2 aromatic carbocycles. The van der Waals surface area contributed by atoms with Gasteiger partial charge in [0, 0.05) is 19.6 Å². The van der Waals surface area contributed by atoms with Crippen LogP contribution in [-0.2, 0) is 4.57 Å². The molecule has 1 atom stereocenters. The zero-order valence-corrected chi connectivity index (χ0v) is 16.3. The first kappa shape index (κ1) is 18.1. The number of rotatable bonds is 5. The lowest BCUT2D eigenvalue weighted by Gasteiger charge is -2.34. The summed E-state index contributed by atoms with van der Waals surface area (Å²) in [5, 5.41) is 0. The second-order valence-electron chi connectivity index (χ2n) is 6.94. The smallest absolute Gasteiger partial charge is 0.416 e. The lowest BCUT2D eigenvalue weighted by molar-refractivity contribution is 0.368. The first-order valence-electron chi connectivity index (χ1n) is 9.63. The van der Waals surface area contributed by atoms with Crippen LogP contribution in [0.15, 0.2) is 65.7 Å². The molecule has 0 radical (unpaired) electrons. The molecule has 142 valence electrons. The molecular formula is C21H25N2O3P. The van der Waals surface area contributed by atoms with Crippen molar-refractivity contribution in [2.75, 3.05) is 19.6 Å². The third kappa shape index (κ3) is 4.19. The highest BCUT2D eigenvalue weighted by molar-refractivity contribution is 7.56. The molecule has 2 aromatic rings. The summed E-state index contributed by atoms with van der Waals surface area (Å²) in [7, 11) is -3.53. The van der Waals surface area contributed by atoms with Gasteiger partial charge in [0.2, 0.25) is 0 Å². The number of benzene rings is 2. The van der Waals surface area contributed by atoms with E-state index in [0.717, 1.165) is 51.2 Å². The molecule has 0 aliphatic carbocycles. The number of hydrogen-bond acceptors (Lipinski definition) is 5. The fourth-order valence-corrected chi connectivity index (χ4v) is 5.83. The minimum atomic E-state index is -3.53. The number of aliphatic imine (C=N–C) groups is 1. The standard InChI is InChI=1S/C21H25N2O3P/c24-27(25-18-10-3-1-4-11-18,26-19-12-5-2-6-13-19)20-14-7-8-16-23-17-9-15-22-21(20)23/h1-6,10-13,20H,7-9,14-17H2. The highest BCUT2D eigenvalue weighted by Gasteiger charge is 2.45. The second kappa shape index (κ2) is 8.18. The minimum absolute atomic E-state index is 0.347. The van der Waals surface area contributed by atoms with Gasteiger partial charge in [0.05, 0.1) is 0 Å². The molecule has 27 heavy (non-hydrogen) atoms. The summed E-state index contributed by atoms with van der Waals surface area (Å²) in [5.74, 6) is 2.02. The topological polar surface area (TPSA) is 51.1 Å². The summed E-state index contributed by atoms with van der Waals surface area (Å²) in [6.07, 6.45) is 3.86. The SMILES string of the molecule is O=P(Oc1ccccc1)(Oc1ccccc1)C1CCCCN2CCCN=C12. The van der Waals surface area contributed by atoms with E-state index < -0.39 is 7.60 Å². The first-order valence-corrected chi connectivity index (χ1v) is 11.2. The van der Waals surface area contributed by atoms with Gasteiger partial charge >= 0.3 is 7.60 Å². The van der Waals surface area contributed by atoms with Crippen molar-refractivity contribution in [2.24, 2.45) is 4.99 Å². The predicted octanol–water partition coefficient (Wildman–Crippen LogP) is 4.99.